The van der Waals surface area contributed by atoms with E-state index in [4.69, 9.17) is 4.74 Å². The highest BCUT2D eigenvalue weighted by molar-refractivity contribution is 6.08. The van der Waals surface area contributed by atoms with Crippen LogP contribution in [0.1, 0.15) is 46.8 Å². The quantitative estimate of drug-likeness (QED) is 0.267. The lowest BCUT2D eigenvalue weighted by atomic mass is 9.76. The van der Waals surface area contributed by atoms with E-state index in [1.807, 2.05) is 49.4 Å². The van der Waals surface area contributed by atoms with Gasteiger partial charge in [-0.1, -0.05) is 36.4 Å². The number of ether oxygens (including phenoxy) is 1. The first kappa shape index (κ1) is 21.7. The molecule has 1 heterocycles. The number of carbonyl (C=O) groups excluding carboxylic acids is 1. The number of non-ortho nitro benzene ring substituents is 1. The van der Waals surface area contributed by atoms with Crippen molar-refractivity contribution in [3.8, 4) is 5.75 Å². The molecule has 34 heavy (non-hydrogen) atoms. The minimum atomic E-state index is -0.375. The number of nitrogens with zero attached hydrogens (tertiary/aromatic N) is 1. The minimum Gasteiger partial charge on any atom is -0.494 e. The molecule has 0 radical (unpaired) electrons. The molecule has 7 heteroatoms. The molecule has 2 aliphatic rings. The minimum absolute atomic E-state index is 0.0640. The number of fused-ring (bicyclic) bond motifs is 3. The molecule has 1 amide bonds. The highest BCUT2D eigenvalue weighted by Crippen LogP contribution is 2.50. The van der Waals surface area contributed by atoms with Crippen LogP contribution in [-0.4, -0.2) is 17.4 Å². The van der Waals surface area contributed by atoms with Crippen molar-refractivity contribution in [2.24, 2.45) is 5.92 Å². The van der Waals surface area contributed by atoms with Gasteiger partial charge in [0.25, 0.3) is 11.6 Å². The fourth-order valence-electron chi connectivity index (χ4n) is 4.97. The van der Waals surface area contributed by atoms with Crippen molar-refractivity contribution in [2.45, 2.75) is 25.3 Å². The summed E-state index contributed by atoms with van der Waals surface area (Å²) in [5.41, 5.74) is 3.97. The van der Waals surface area contributed by atoms with Crippen molar-refractivity contribution < 1.29 is 14.5 Å². The second-order valence-electron chi connectivity index (χ2n) is 8.51. The van der Waals surface area contributed by atoms with Crippen LogP contribution in [0, 0.1) is 16.0 Å². The zero-order chi connectivity index (χ0) is 23.7. The van der Waals surface area contributed by atoms with E-state index in [-0.39, 0.29) is 34.4 Å². The van der Waals surface area contributed by atoms with Gasteiger partial charge in [0.1, 0.15) is 5.75 Å². The number of rotatable bonds is 6. The fourth-order valence-corrected chi connectivity index (χ4v) is 4.97. The summed E-state index contributed by atoms with van der Waals surface area (Å²) in [7, 11) is 0. The normalized spacial score (nSPS) is 20.1. The Morgan fingerprint density at radius 3 is 2.71 bits per heavy atom. The third kappa shape index (κ3) is 4.01. The topological polar surface area (TPSA) is 93.5 Å². The van der Waals surface area contributed by atoms with Crippen LogP contribution in [0.2, 0.25) is 0 Å². The number of nitro benzene ring substituents is 1. The molecular formula is C27H25N3O4. The predicted octanol–water partition coefficient (Wildman–Crippen LogP) is 6.07. The van der Waals surface area contributed by atoms with Gasteiger partial charge >= 0.3 is 0 Å². The molecule has 5 rings (SSSR count). The van der Waals surface area contributed by atoms with Gasteiger partial charge in [-0.05, 0) is 60.7 Å². The molecule has 0 saturated heterocycles. The molecular weight excluding hydrogens is 430 g/mol. The fraction of sp³-hybridized carbons (Fsp3) is 0.222. The van der Waals surface area contributed by atoms with Gasteiger partial charge in [-0.3, -0.25) is 14.9 Å². The van der Waals surface area contributed by atoms with Crippen molar-refractivity contribution in [1.82, 2.24) is 0 Å². The Labute approximate surface area is 197 Å². The molecule has 0 saturated carbocycles. The molecule has 3 atom stereocenters. The van der Waals surface area contributed by atoms with Gasteiger partial charge in [0.15, 0.2) is 0 Å². The number of allylic oxidation sites excluding steroid dienone is 2. The number of carbonyl (C=O) groups is 1. The molecule has 1 aliphatic carbocycles. The van der Waals surface area contributed by atoms with E-state index in [2.05, 4.69) is 22.8 Å². The van der Waals surface area contributed by atoms with Gasteiger partial charge in [-0.2, -0.15) is 0 Å². The molecule has 172 valence electrons. The van der Waals surface area contributed by atoms with Crippen LogP contribution < -0.4 is 15.4 Å². The molecule has 0 bridgehead atoms. The number of hydrogen-bond acceptors (Lipinski definition) is 5. The molecule has 0 fully saturated rings. The maximum absolute atomic E-state index is 13.3. The van der Waals surface area contributed by atoms with E-state index in [0.717, 1.165) is 29.0 Å². The first-order chi connectivity index (χ1) is 16.5. The molecule has 3 aromatic rings. The molecule has 2 N–H and O–H groups in total. The molecule has 0 aromatic heterocycles. The molecule has 3 unspecified atom stereocenters. The maximum atomic E-state index is 13.3. The Bertz CT molecular complexity index is 1270. The smallest absolute Gasteiger partial charge is 0.269 e. The SMILES string of the molecule is CCOc1ccc(NC(=O)c2cccc3c2NC(c2cccc([N+](=O)[O-])c2)C2CC=CC32)cc1. The summed E-state index contributed by atoms with van der Waals surface area (Å²) in [6.07, 6.45) is 5.21. The standard InChI is InChI=1S/C27H25N3O4/c1-2-34-20-14-12-18(13-15-20)28-27(31)24-11-5-10-23-21-8-4-9-22(21)25(29-26(23)24)17-6-3-7-19(16-17)30(32)33/h3-8,10-16,21-22,25,29H,2,9H2,1H3,(H,28,31). The lowest BCUT2D eigenvalue weighted by Crippen LogP contribution is -2.31. The molecule has 7 nitrogen and oxygen atoms in total. The summed E-state index contributed by atoms with van der Waals surface area (Å²) in [6.45, 7) is 2.50. The Morgan fingerprint density at radius 1 is 1.15 bits per heavy atom. The second-order valence-corrected chi connectivity index (χ2v) is 8.51. The van der Waals surface area contributed by atoms with Crippen molar-refractivity contribution in [1.29, 1.82) is 0 Å². The van der Waals surface area contributed by atoms with E-state index in [1.165, 1.54) is 6.07 Å². The van der Waals surface area contributed by atoms with Crippen molar-refractivity contribution in [3.05, 3.63) is 106 Å². The number of nitro groups is 1. The monoisotopic (exact) mass is 455 g/mol. The average molecular weight is 456 g/mol. The second kappa shape index (κ2) is 9.02. The number of anilines is 2. The third-order valence-electron chi connectivity index (χ3n) is 6.50. The summed E-state index contributed by atoms with van der Waals surface area (Å²) in [6, 6.07) is 19.6. The lowest BCUT2D eigenvalue weighted by Gasteiger charge is -2.38. The Hall–Kier alpha value is -4.13. The van der Waals surface area contributed by atoms with Crippen molar-refractivity contribution in [3.63, 3.8) is 0 Å². The predicted molar refractivity (Wildman–Crippen MR) is 131 cm³/mol. The summed E-state index contributed by atoms with van der Waals surface area (Å²) in [5, 5.41) is 17.9. The zero-order valence-electron chi connectivity index (χ0n) is 18.7. The van der Waals surface area contributed by atoms with Gasteiger partial charge in [0.05, 0.1) is 28.8 Å². The first-order valence-electron chi connectivity index (χ1n) is 11.4. The third-order valence-corrected chi connectivity index (χ3v) is 6.50. The first-order valence-corrected chi connectivity index (χ1v) is 11.4. The van der Waals surface area contributed by atoms with Crippen LogP contribution in [0.3, 0.4) is 0 Å². The zero-order valence-corrected chi connectivity index (χ0v) is 18.7. The summed E-state index contributed by atoms with van der Waals surface area (Å²) in [4.78, 5) is 24.3. The Balaban J connectivity index is 1.47. The van der Waals surface area contributed by atoms with Gasteiger partial charge in [-0.25, -0.2) is 0 Å². The van der Waals surface area contributed by atoms with Crippen LogP contribution in [0.4, 0.5) is 17.1 Å². The molecule has 1 aliphatic heterocycles. The van der Waals surface area contributed by atoms with E-state index >= 15 is 0 Å². The summed E-state index contributed by atoms with van der Waals surface area (Å²) in [5.74, 6) is 0.891. The van der Waals surface area contributed by atoms with Gasteiger partial charge in [0, 0.05) is 23.7 Å². The van der Waals surface area contributed by atoms with Crippen molar-refractivity contribution in [2.75, 3.05) is 17.2 Å². The van der Waals surface area contributed by atoms with E-state index in [9.17, 15) is 14.9 Å². The number of amides is 1. The number of para-hydroxylation sites is 1. The van der Waals surface area contributed by atoms with Gasteiger partial charge in [0.2, 0.25) is 0 Å². The highest BCUT2D eigenvalue weighted by Gasteiger charge is 2.39. The van der Waals surface area contributed by atoms with E-state index in [0.29, 0.717) is 17.9 Å². The lowest BCUT2D eigenvalue weighted by molar-refractivity contribution is -0.384. The van der Waals surface area contributed by atoms with Gasteiger partial charge < -0.3 is 15.4 Å². The Kier molecular flexibility index (Phi) is 5.76. The maximum Gasteiger partial charge on any atom is 0.269 e. The molecule has 0 spiro atoms. The average Bonchev–Trinajstić information content (AvgIpc) is 3.35. The van der Waals surface area contributed by atoms with Crippen LogP contribution in [0.25, 0.3) is 0 Å². The molecule has 3 aromatic carbocycles. The van der Waals surface area contributed by atoms with Crippen molar-refractivity contribution >= 4 is 23.0 Å². The Morgan fingerprint density at radius 2 is 1.94 bits per heavy atom. The van der Waals surface area contributed by atoms with Crippen LogP contribution >= 0.6 is 0 Å². The van der Waals surface area contributed by atoms with E-state index < -0.39 is 0 Å². The number of nitrogens with one attached hydrogen (secondary N) is 2. The number of hydrogen-bond donors (Lipinski definition) is 2. The largest absolute Gasteiger partial charge is 0.494 e. The van der Waals surface area contributed by atoms with Crippen LogP contribution in [0.15, 0.2) is 78.9 Å². The van der Waals surface area contributed by atoms with E-state index in [1.54, 1.807) is 18.2 Å². The highest BCUT2D eigenvalue weighted by atomic mass is 16.6. The van der Waals surface area contributed by atoms with Gasteiger partial charge in [-0.15, -0.1) is 0 Å². The van der Waals surface area contributed by atoms with Crippen LogP contribution in [-0.2, 0) is 0 Å². The van der Waals surface area contributed by atoms with Crippen LogP contribution in [0.5, 0.6) is 5.75 Å². The number of benzene rings is 3. The summed E-state index contributed by atoms with van der Waals surface area (Å²) < 4.78 is 5.47. The summed E-state index contributed by atoms with van der Waals surface area (Å²) >= 11 is 0.